The van der Waals surface area contributed by atoms with Crippen LogP contribution in [0.25, 0.3) is 0 Å². The summed E-state index contributed by atoms with van der Waals surface area (Å²) >= 11 is 0. The van der Waals surface area contributed by atoms with Crippen molar-refractivity contribution in [3.63, 3.8) is 0 Å². The van der Waals surface area contributed by atoms with Crippen LogP contribution < -0.4 is 0 Å². The largest absolute Gasteiger partial charge is 0.481 e. The van der Waals surface area contributed by atoms with Gasteiger partial charge in [-0.1, -0.05) is 25.3 Å². The number of rotatable bonds is 15. The second-order valence-corrected chi connectivity index (χ2v) is 10.3. The summed E-state index contributed by atoms with van der Waals surface area (Å²) in [6, 6.07) is 2.35. The van der Waals surface area contributed by atoms with E-state index < -0.39 is 11.4 Å². The number of aryl methyl sites for hydroxylation is 2. The minimum atomic E-state index is -0.703. The van der Waals surface area contributed by atoms with Crippen LogP contribution in [0.5, 0.6) is 0 Å². The fraction of sp³-hybridized carbons (Fsp3) is 0.704. The Kier molecular flexibility index (Phi) is 9.14. The number of carboxylic acid groups (broad SMARTS) is 1. The molecule has 1 fully saturated rings. The Balaban J connectivity index is 1.82. The van der Waals surface area contributed by atoms with Crippen molar-refractivity contribution >= 4 is 12.4 Å². The average Bonchev–Trinajstić information content (AvgIpc) is 3.47. The van der Waals surface area contributed by atoms with Gasteiger partial charge in [-0.3, -0.25) is 9.59 Å². The third kappa shape index (κ3) is 7.36. The second-order valence-electron chi connectivity index (χ2n) is 10.3. The molecule has 0 amide bonds. The highest BCUT2D eigenvalue weighted by molar-refractivity contribution is 5.73. The zero-order valence-electron chi connectivity index (χ0n) is 20.3. The molecule has 31 heavy (non-hydrogen) atoms. The second kappa shape index (κ2) is 11.2. The molecule has 174 valence electrons. The molecular weight excluding hydrogens is 388 g/mol. The molecule has 1 aliphatic rings. The van der Waals surface area contributed by atoms with Gasteiger partial charge >= 0.3 is 5.97 Å². The maximum atomic E-state index is 11.2. The summed E-state index contributed by atoms with van der Waals surface area (Å²) in [6.07, 6.45) is 12.6. The van der Waals surface area contributed by atoms with Crippen LogP contribution in [0, 0.1) is 26.2 Å². The summed E-state index contributed by atoms with van der Waals surface area (Å²) in [5, 5.41) is 9.25. The van der Waals surface area contributed by atoms with Crippen LogP contribution >= 0.6 is 0 Å². The van der Waals surface area contributed by atoms with Gasteiger partial charge in [0.05, 0.1) is 5.41 Å². The Hall–Kier alpha value is -1.84. The number of ether oxygens (including phenoxy) is 1. The van der Waals surface area contributed by atoms with Crippen LogP contribution in [0.3, 0.4) is 0 Å². The van der Waals surface area contributed by atoms with Crippen molar-refractivity contribution in [2.45, 2.75) is 117 Å². The van der Waals surface area contributed by atoms with Gasteiger partial charge in [0.2, 0.25) is 0 Å². The lowest BCUT2D eigenvalue weighted by Gasteiger charge is -2.19. The number of aliphatic carboxylic acids is 1. The molecule has 0 atom stereocenters. The fourth-order valence-corrected chi connectivity index (χ4v) is 4.59. The Morgan fingerprint density at radius 3 is 2.29 bits per heavy atom. The molecule has 1 saturated carbocycles. The van der Waals surface area contributed by atoms with Crippen LogP contribution in [0.15, 0.2) is 6.07 Å². The van der Waals surface area contributed by atoms with Gasteiger partial charge in [0.25, 0.3) is 6.47 Å². The van der Waals surface area contributed by atoms with Crippen LogP contribution in [0.1, 0.15) is 106 Å². The summed E-state index contributed by atoms with van der Waals surface area (Å²) in [7, 11) is 0. The molecule has 1 aliphatic carbocycles. The van der Waals surface area contributed by atoms with Gasteiger partial charge in [0, 0.05) is 0 Å². The number of hydrogen-bond acceptors (Lipinski definition) is 3. The first-order valence-electron chi connectivity index (χ1n) is 12.1. The zero-order valence-corrected chi connectivity index (χ0v) is 20.3. The van der Waals surface area contributed by atoms with Gasteiger partial charge in [0.15, 0.2) is 0 Å². The van der Waals surface area contributed by atoms with Gasteiger partial charge in [-0.05, 0) is 120 Å². The number of carboxylic acids is 1. The summed E-state index contributed by atoms with van der Waals surface area (Å²) in [6.45, 7) is 11.0. The number of hydrogen-bond donors (Lipinski definition) is 1. The van der Waals surface area contributed by atoms with Crippen LogP contribution in [0.4, 0.5) is 0 Å². The molecular formula is C27H42O4. The maximum Gasteiger partial charge on any atom is 0.309 e. The molecule has 1 N–H and O–H groups in total. The van der Waals surface area contributed by atoms with E-state index in [2.05, 4.69) is 26.8 Å². The first-order valence-corrected chi connectivity index (χ1v) is 12.1. The van der Waals surface area contributed by atoms with Gasteiger partial charge in [0.1, 0.15) is 5.60 Å². The third-order valence-electron chi connectivity index (χ3n) is 7.36. The molecule has 0 saturated heterocycles. The molecule has 1 aromatic carbocycles. The first-order chi connectivity index (χ1) is 14.6. The Labute approximate surface area is 188 Å². The predicted octanol–water partition coefficient (Wildman–Crippen LogP) is 6.63. The van der Waals surface area contributed by atoms with Crippen LogP contribution in [-0.4, -0.2) is 23.1 Å². The highest BCUT2D eigenvalue weighted by Crippen LogP contribution is 2.43. The normalized spacial score (nSPS) is 15.0. The molecule has 0 radical (unpaired) electrons. The summed E-state index contributed by atoms with van der Waals surface area (Å²) in [5.74, 6) is -0.703. The van der Waals surface area contributed by atoms with E-state index in [0.29, 0.717) is 6.47 Å². The predicted molar refractivity (Wildman–Crippen MR) is 126 cm³/mol. The van der Waals surface area contributed by atoms with Crippen molar-refractivity contribution in [1.82, 2.24) is 0 Å². The zero-order chi connectivity index (χ0) is 23.1. The highest BCUT2D eigenvalue weighted by atomic mass is 16.5. The minimum Gasteiger partial charge on any atom is -0.481 e. The first kappa shape index (κ1) is 25.4. The smallest absolute Gasteiger partial charge is 0.309 e. The molecule has 0 unspecified atom stereocenters. The number of carbonyl (C=O) groups excluding carboxylic acids is 1. The lowest BCUT2D eigenvalue weighted by Crippen LogP contribution is -2.23. The van der Waals surface area contributed by atoms with Crippen molar-refractivity contribution in [3.8, 4) is 0 Å². The molecule has 2 rings (SSSR count). The van der Waals surface area contributed by atoms with Crippen molar-refractivity contribution < 1.29 is 19.4 Å². The molecule has 1 aromatic rings. The number of carbonyl (C=O) groups is 2. The van der Waals surface area contributed by atoms with E-state index >= 15 is 0 Å². The van der Waals surface area contributed by atoms with Crippen LogP contribution in [0.2, 0.25) is 0 Å². The van der Waals surface area contributed by atoms with E-state index in [0.717, 1.165) is 64.2 Å². The van der Waals surface area contributed by atoms with Crippen molar-refractivity contribution in [3.05, 3.63) is 33.9 Å². The van der Waals surface area contributed by atoms with Gasteiger partial charge < -0.3 is 9.84 Å². The third-order valence-corrected chi connectivity index (χ3v) is 7.36. The van der Waals surface area contributed by atoms with E-state index in [1.54, 1.807) is 0 Å². The Morgan fingerprint density at radius 2 is 1.68 bits per heavy atom. The lowest BCUT2D eigenvalue weighted by molar-refractivity contribution is -0.147. The van der Waals surface area contributed by atoms with E-state index in [1.165, 1.54) is 40.7 Å². The van der Waals surface area contributed by atoms with Crippen molar-refractivity contribution in [2.75, 3.05) is 0 Å². The maximum absolute atomic E-state index is 11.2. The van der Waals surface area contributed by atoms with Gasteiger partial charge in [-0.25, -0.2) is 0 Å². The highest BCUT2D eigenvalue weighted by Gasteiger charge is 2.44. The minimum absolute atomic E-state index is 0.121. The SMILES string of the molecule is Cc1cc(CCCCCC(C)(C)C(=O)O)c(C)c(CCCCCC2(OC=O)CC2)c1C. The fourth-order valence-electron chi connectivity index (χ4n) is 4.59. The molecule has 0 aromatic heterocycles. The van der Waals surface area contributed by atoms with E-state index in [9.17, 15) is 14.7 Å². The average molecular weight is 431 g/mol. The topological polar surface area (TPSA) is 63.6 Å². The quantitative estimate of drug-likeness (QED) is 0.250. The van der Waals surface area contributed by atoms with Crippen LogP contribution in [-0.2, 0) is 27.2 Å². The summed E-state index contributed by atoms with van der Waals surface area (Å²) in [4.78, 5) is 21.9. The van der Waals surface area contributed by atoms with Crippen molar-refractivity contribution in [2.24, 2.45) is 5.41 Å². The molecule has 0 bridgehead atoms. The number of benzene rings is 1. The molecule has 0 heterocycles. The number of unbranched alkanes of at least 4 members (excludes halogenated alkanes) is 4. The van der Waals surface area contributed by atoms with Crippen molar-refractivity contribution in [1.29, 1.82) is 0 Å². The summed E-state index contributed by atoms with van der Waals surface area (Å²) in [5.41, 5.74) is 6.45. The standard InChI is InChI=1S/C27H42O4/c1-20-18-23(12-8-6-10-14-26(4,5)25(29)30)22(3)24(21(20)2)13-9-7-11-15-27(16-17-27)31-19-28/h18-19H,6-17H2,1-5H3,(H,29,30). The summed E-state index contributed by atoms with van der Waals surface area (Å²) < 4.78 is 5.25. The van der Waals surface area contributed by atoms with E-state index in [1.807, 2.05) is 13.8 Å². The Bertz CT molecular complexity index is 759. The molecule has 0 spiro atoms. The molecule has 4 heteroatoms. The van der Waals surface area contributed by atoms with Gasteiger partial charge in [-0.15, -0.1) is 0 Å². The Morgan fingerprint density at radius 1 is 1.03 bits per heavy atom. The van der Waals surface area contributed by atoms with Gasteiger partial charge in [-0.2, -0.15) is 0 Å². The van der Waals surface area contributed by atoms with E-state index in [-0.39, 0.29) is 5.60 Å². The monoisotopic (exact) mass is 430 g/mol. The molecule has 4 nitrogen and oxygen atoms in total. The lowest BCUT2D eigenvalue weighted by atomic mass is 9.86. The molecule has 0 aliphatic heterocycles. The van der Waals surface area contributed by atoms with E-state index in [4.69, 9.17) is 4.74 Å².